The van der Waals surface area contributed by atoms with Crippen molar-refractivity contribution in [2.45, 2.75) is 13.8 Å². The standard InChI is InChI=1S/C8H13N3O2/c1-4-11(3)8(12)9-7-5-6(2)10-13-7/h5H,4H2,1-3H3,(H,9,12). The summed E-state index contributed by atoms with van der Waals surface area (Å²) in [4.78, 5) is 12.8. The lowest BCUT2D eigenvalue weighted by atomic mass is 10.5. The van der Waals surface area contributed by atoms with E-state index in [4.69, 9.17) is 4.52 Å². The number of rotatable bonds is 2. The second-order valence-corrected chi connectivity index (χ2v) is 2.78. The molecule has 72 valence electrons. The molecule has 1 aromatic rings. The maximum Gasteiger partial charge on any atom is 0.323 e. The summed E-state index contributed by atoms with van der Waals surface area (Å²) >= 11 is 0. The van der Waals surface area contributed by atoms with Crippen molar-refractivity contribution in [3.8, 4) is 0 Å². The van der Waals surface area contributed by atoms with Crippen molar-refractivity contribution < 1.29 is 9.32 Å². The summed E-state index contributed by atoms with van der Waals surface area (Å²) in [6, 6.07) is 1.47. The molecule has 1 aromatic heterocycles. The van der Waals surface area contributed by atoms with Gasteiger partial charge in [0.1, 0.15) is 0 Å². The van der Waals surface area contributed by atoms with Gasteiger partial charge in [-0.2, -0.15) is 0 Å². The van der Waals surface area contributed by atoms with E-state index in [1.54, 1.807) is 20.0 Å². The van der Waals surface area contributed by atoms with Crippen LogP contribution < -0.4 is 5.32 Å². The van der Waals surface area contributed by atoms with Gasteiger partial charge < -0.3 is 9.42 Å². The Labute approximate surface area is 76.7 Å². The van der Waals surface area contributed by atoms with Crippen LogP contribution in [0.3, 0.4) is 0 Å². The van der Waals surface area contributed by atoms with Crippen molar-refractivity contribution in [3.05, 3.63) is 11.8 Å². The largest absolute Gasteiger partial charge is 0.338 e. The number of nitrogens with one attached hydrogen (secondary N) is 1. The first-order chi connectivity index (χ1) is 6.13. The van der Waals surface area contributed by atoms with Crippen LogP contribution in [0.4, 0.5) is 10.7 Å². The summed E-state index contributed by atoms with van der Waals surface area (Å²) in [5, 5.41) is 6.22. The van der Waals surface area contributed by atoms with Crippen molar-refractivity contribution in [1.82, 2.24) is 10.1 Å². The average molecular weight is 183 g/mol. The summed E-state index contributed by atoms with van der Waals surface area (Å²) in [5.74, 6) is 0.378. The minimum atomic E-state index is -0.196. The quantitative estimate of drug-likeness (QED) is 0.755. The van der Waals surface area contributed by atoms with Gasteiger partial charge in [-0.1, -0.05) is 5.16 Å². The summed E-state index contributed by atoms with van der Waals surface area (Å²) in [5.41, 5.74) is 0.745. The van der Waals surface area contributed by atoms with Gasteiger partial charge in [-0.3, -0.25) is 5.32 Å². The minimum Gasteiger partial charge on any atom is -0.338 e. The zero-order chi connectivity index (χ0) is 9.84. The van der Waals surface area contributed by atoms with Crippen molar-refractivity contribution in [2.24, 2.45) is 0 Å². The summed E-state index contributed by atoms with van der Waals surface area (Å²) in [7, 11) is 1.71. The van der Waals surface area contributed by atoms with E-state index in [1.807, 2.05) is 6.92 Å². The Morgan fingerprint density at radius 3 is 2.92 bits per heavy atom. The lowest BCUT2D eigenvalue weighted by Gasteiger charge is -2.13. The predicted molar refractivity (Wildman–Crippen MR) is 48.6 cm³/mol. The highest BCUT2D eigenvalue weighted by molar-refractivity contribution is 5.87. The Bertz CT molecular complexity index is 295. The van der Waals surface area contributed by atoms with E-state index < -0.39 is 0 Å². The lowest BCUT2D eigenvalue weighted by Crippen LogP contribution is -2.30. The van der Waals surface area contributed by atoms with E-state index in [-0.39, 0.29) is 6.03 Å². The molecule has 0 unspecified atom stereocenters. The molecule has 0 saturated carbocycles. The molecule has 1 rings (SSSR count). The molecular formula is C8H13N3O2. The third-order valence-corrected chi connectivity index (χ3v) is 1.68. The van der Waals surface area contributed by atoms with Gasteiger partial charge in [0.25, 0.3) is 0 Å². The third kappa shape index (κ3) is 2.47. The smallest absolute Gasteiger partial charge is 0.323 e. The second kappa shape index (κ2) is 3.93. The Balaban J connectivity index is 2.54. The maximum absolute atomic E-state index is 11.3. The van der Waals surface area contributed by atoms with Crippen LogP contribution in [-0.2, 0) is 0 Å². The number of carbonyl (C=O) groups is 1. The molecule has 0 saturated heterocycles. The monoisotopic (exact) mass is 183 g/mol. The Kier molecular flexibility index (Phi) is 2.89. The Morgan fingerprint density at radius 2 is 2.46 bits per heavy atom. The highest BCUT2D eigenvalue weighted by Gasteiger charge is 2.08. The molecule has 13 heavy (non-hydrogen) atoms. The van der Waals surface area contributed by atoms with Gasteiger partial charge in [0, 0.05) is 19.7 Å². The fraction of sp³-hybridized carbons (Fsp3) is 0.500. The van der Waals surface area contributed by atoms with Crippen LogP contribution in [0.2, 0.25) is 0 Å². The number of anilines is 1. The van der Waals surface area contributed by atoms with Gasteiger partial charge in [0.05, 0.1) is 5.69 Å². The number of urea groups is 1. The lowest BCUT2D eigenvalue weighted by molar-refractivity contribution is 0.223. The van der Waals surface area contributed by atoms with Crippen molar-refractivity contribution in [1.29, 1.82) is 0 Å². The molecule has 0 bridgehead atoms. The number of carbonyl (C=O) groups excluding carboxylic acids is 1. The molecule has 0 aliphatic heterocycles. The van der Waals surface area contributed by atoms with Gasteiger partial charge in [-0.25, -0.2) is 4.79 Å². The number of hydrogen-bond donors (Lipinski definition) is 1. The molecule has 0 atom stereocenters. The SMILES string of the molecule is CCN(C)C(=O)Nc1cc(C)no1. The fourth-order valence-electron chi connectivity index (χ4n) is 0.767. The molecule has 1 N–H and O–H groups in total. The molecule has 2 amide bonds. The van der Waals surface area contributed by atoms with E-state index in [0.29, 0.717) is 12.4 Å². The number of amides is 2. The van der Waals surface area contributed by atoms with Crippen molar-refractivity contribution in [3.63, 3.8) is 0 Å². The number of nitrogens with zero attached hydrogens (tertiary/aromatic N) is 2. The van der Waals surface area contributed by atoms with Crippen LogP contribution >= 0.6 is 0 Å². The molecule has 0 aliphatic carbocycles. The molecule has 5 nitrogen and oxygen atoms in total. The summed E-state index contributed by atoms with van der Waals surface area (Å²) < 4.78 is 4.82. The molecule has 0 fully saturated rings. The van der Waals surface area contributed by atoms with Crippen molar-refractivity contribution >= 4 is 11.9 Å². The van der Waals surface area contributed by atoms with E-state index in [0.717, 1.165) is 5.69 Å². The Hall–Kier alpha value is -1.52. The minimum absolute atomic E-state index is 0.196. The van der Waals surface area contributed by atoms with E-state index in [2.05, 4.69) is 10.5 Å². The predicted octanol–water partition coefficient (Wildman–Crippen LogP) is 1.47. The normalized spacial score (nSPS) is 9.77. The zero-order valence-corrected chi connectivity index (χ0v) is 8.00. The van der Waals surface area contributed by atoms with Gasteiger partial charge in [0.2, 0.25) is 5.88 Å². The topological polar surface area (TPSA) is 58.4 Å². The van der Waals surface area contributed by atoms with Crippen LogP contribution in [0.5, 0.6) is 0 Å². The first-order valence-electron chi connectivity index (χ1n) is 4.09. The van der Waals surface area contributed by atoms with E-state index in [1.165, 1.54) is 4.90 Å². The molecule has 0 spiro atoms. The summed E-state index contributed by atoms with van der Waals surface area (Å²) in [6.07, 6.45) is 0. The van der Waals surface area contributed by atoms with Crippen LogP contribution in [-0.4, -0.2) is 29.7 Å². The maximum atomic E-state index is 11.3. The van der Waals surface area contributed by atoms with Crippen LogP contribution in [0, 0.1) is 6.92 Å². The molecular weight excluding hydrogens is 170 g/mol. The van der Waals surface area contributed by atoms with Gasteiger partial charge in [-0.05, 0) is 13.8 Å². The molecule has 5 heteroatoms. The average Bonchev–Trinajstić information content (AvgIpc) is 2.49. The highest BCUT2D eigenvalue weighted by atomic mass is 16.5. The van der Waals surface area contributed by atoms with Crippen LogP contribution in [0.15, 0.2) is 10.6 Å². The molecule has 1 heterocycles. The van der Waals surface area contributed by atoms with E-state index >= 15 is 0 Å². The molecule has 0 aliphatic rings. The number of hydrogen-bond acceptors (Lipinski definition) is 3. The second-order valence-electron chi connectivity index (χ2n) is 2.78. The number of aryl methyl sites for hydroxylation is 1. The molecule has 0 radical (unpaired) electrons. The van der Waals surface area contributed by atoms with E-state index in [9.17, 15) is 4.79 Å². The first kappa shape index (κ1) is 9.57. The first-order valence-corrected chi connectivity index (χ1v) is 4.09. The Morgan fingerprint density at radius 1 is 1.77 bits per heavy atom. The van der Waals surface area contributed by atoms with Gasteiger partial charge in [0.15, 0.2) is 0 Å². The van der Waals surface area contributed by atoms with Crippen LogP contribution in [0.25, 0.3) is 0 Å². The van der Waals surface area contributed by atoms with Crippen LogP contribution in [0.1, 0.15) is 12.6 Å². The van der Waals surface area contributed by atoms with Crippen molar-refractivity contribution in [2.75, 3.05) is 18.9 Å². The molecule has 0 aromatic carbocycles. The number of aromatic nitrogens is 1. The fourth-order valence-corrected chi connectivity index (χ4v) is 0.767. The zero-order valence-electron chi connectivity index (χ0n) is 8.00. The summed E-state index contributed by atoms with van der Waals surface area (Å²) in [6.45, 7) is 4.34. The third-order valence-electron chi connectivity index (χ3n) is 1.68. The van der Waals surface area contributed by atoms with Gasteiger partial charge in [-0.15, -0.1) is 0 Å². The van der Waals surface area contributed by atoms with Gasteiger partial charge >= 0.3 is 6.03 Å². The highest BCUT2D eigenvalue weighted by Crippen LogP contribution is 2.08.